The van der Waals surface area contributed by atoms with E-state index >= 15 is 0 Å². The molecule has 1 N–H and O–H groups in total. The Morgan fingerprint density at radius 3 is 2.75 bits per heavy atom. The smallest absolute Gasteiger partial charge is 0.237 e. The molecule has 2 fully saturated rings. The first-order chi connectivity index (χ1) is 9.57. The van der Waals surface area contributed by atoms with Gasteiger partial charge in [-0.05, 0) is 19.8 Å². The second-order valence-electron chi connectivity index (χ2n) is 6.25. The van der Waals surface area contributed by atoms with Gasteiger partial charge in [-0.3, -0.25) is 9.69 Å². The van der Waals surface area contributed by atoms with Gasteiger partial charge < -0.3 is 10.2 Å². The molecule has 0 radical (unpaired) electrons. The van der Waals surface area contributed by atoms with E-state index in [4.69, 9.17) is 0 Å². The summed E-state index contributed by atoms with van der Waals surface area (Å²) < 4.78 is 0. The minimum atomic E-state index is -0.561. The summed E-state index contributed by atoms with van der Waals surface area (Å²) in [5.74, 6) is 0.0857. The first kappa shape index (κ1) is 15.3. The molecule has 2 rings (SSSR count). The Morgan fingerprint density at radius 1 is 1.45 bits per heavy atom. The van der Waals surface area contributed by atoms with E-state index in [1.54, 1.807) is 4.90 Å². The number of carbonyl (C=O) groups is 1. The SMILES string of the molecule is C[C@@H]1CN(CC(=O)N(C)C2(C#N)CCCCC2)CCN1. The maximum atomic E-state index is 12.5. The van der Waals surface area contributed by atoms with Crippen LogP contribution in [0.15, 0.2) is 0 Å². The largest absolute Gasteiger partial charge is 0.326 e. The van der Waals surface area contributed by atoms with Crippen molar-refractivity contribution in [1.82, 2.24) is 15.1 Å². The molecule has 2 aliphatic rings. The van der Waals surface area contributed by atoms with Crippen molar-refractivity contribution < 1.29 is 4.79 Å². The Hall–Kier alpha value is -1.12. The number of hydrogen-bond donors (Lipinski definition) is 1. The van der Waals surface area contributed by atoms with E-state index in [1.165, 1.54) is 6.42 Å². The molecular formula is C15H26N4O. The maximum Gasteiger partial charge on any atom is 0.237 e. The number of rotatable bonds is 3. The lowest BCUT2D eigenvalue weighted by molar-refractivity contribution is -0.136. The fourth-order valence-corrected chi connectivity index (χ4v) is 3.35. The molecule has 1 saturated carbocycles. The van der Waals surface area contributed by atoms with Gasteiger partial charge in [-0.1, -0.05) is 19.3 Å². The third-order valence-electron chi connectivity index (χ3n) is 4.72. The van der Waals surface area contributed by atoms with Gasteiger partial charge in [0.2, 0.25) is 5.91 Å². The molecule has 1 aliphatic carbocycles. The van der Waals surface area contributed by atoms with E-state index < -0.39 is 5.54 Å². The van der Waals surface area contributed by atoms with Crippen molar-refractivity contribution in [3.05, 3.63) is 0 Å². The number of piperazine rings is 1. The standard InChI is InChI=1S/C15H26N4O/c1-13-10-19(9-8-17-13)11-14(20)18(2)15(12-16)6-4-3-5-7-15/h13,17H,3-11H2,1-2H3/t13-/m1/s1. The molecule has 1 aliphatic heterocycles. The highest BCUT2D eigenvalue weighted by Gasteiger charge is 2.39. The normalized spacial score (nSPS) is 26.8. The third-order valence-corrected chi connectivity index (χ3v) is 4.72. The molecule has 1 atom stereocenters. The zero-order valence-electron chi connectivity index (χ0n) is 12.7. The van der Waals surface area contributed by atoms with Crippen molar-refractivity contribution >= 4 is 5.91 Å². The number of nitrogens with zero attached hydrogens (tertiary/aromatic N) is 3. The predicted octanol–water partition coefficient (Wildman–Crippen LogP) is 0.965. The maximum absolute atomic E-state index is 12.5. The van der Waals surface area contributed by atoms with Crippen LogP contribution in [0.1, 0.15) is 39.0 Å². The summed E-state index contributed by atoms with van der Waals surface area (Å²) in [7, 11) is 1.81. The summed E-state index contributed by atoms with van der Waals surface area (Å²) in [6, 6.07) is 2.85. The predicted molar refractivity (Wildman–Crippen MR) is 78.1 cm³/mol. The topological polar surface area (TPSA) is 59.4 Å². The average molecular weight is 278 g/mol. The van der Waals surface area contributed by atoms with Gasteiger partial charge in [0.05, 0.1) is 12.6 Å². The van der Waals surface area contributed by atoms with Crippen LogP contribution in [0, 0.1) is 11.3 Å². The van der Waals surface area contributed by atoms with E-state index in [-0.39, 0.29) is 5.91 Å². The molecule has 0 aromatic heterocycles. The summed E-state index contributed by atoms with van der Waals surface area (Å²) in [6.45, 7) is 5.31. The van der Waals surface area contributed by atoms with E-state index in [9.17, 15) is 10.1 Å². The number of carbonyl (C=O) groups excluding carboxylic acids is 1. The zero-order chi connectivity index (χ0) is 14.6. The first-order valence-corrected chi connectivity index (χ1v) is 7.71. The number of nitrogens with one attached hydrogen (secondary N) is 1. The molecule has 0 aromatic rings. The Balaban J connectivity index is 1.95. The molecule has 5 nitrogen and oxygen atoms in total. The van der Waals surface area contributed by atoms with Crippen LogP contribution in [0.2, 0.25) is 0 Å². The molecule has 1 amide bonds. The number of likely N-dealkylation sites (N-methyl/N-ethyl adjacent to an activating group) is 1. The lowest BCUT2D eigenvalue weighted by atomic mass is 9.81. The molecule has 1 heterocycles. The zero-order valence-corrected chi connectivity index (χ0v) is 12.7. The van der Waals surface area contributed by atoms with Crippen LogP contribution in [0.3, 0.4) is 0 Å². The van der Waals surface area contributed by atoms with E-state index in [0.29, 0.717) is 12.6 Å². The minimum absolute atomic E-state index is 0.0857. The van der Waals surface area contributed by atoms with Crippen LogP contribution >= 0.6 is 0 Å². The number of nitriles is 1. The lowest BCUT2D eigenvalue weighted by Gasteiger charge is -2.40. The van der Waals surface area contributed by atoms with Crippen LogP contribution in [0.5, 0.6) is 0 Å². The van der Waals surface area contributed by atoms with Gasteiger partial charge in [-0.2, -0.15) is 5.26 Å². The molecule has 20 heavy (non-hydrogen) atoms. The van der Waals surface area contributed by atoms with Crippen LogP contribution < -0.4 is 5.32 Å². The van der Waals surface area contributed by atoms with E-state index in [0.717, 1.165) is 45.3 Å². The van der Waals surface area contributed by atoms with Gasteiger partial charge >= 0.3 is 0 Å². The summed E-state index contributed by atoms with van der Waals surface area (Å²) in [5, 5.41) is 12.9. The molecule has 1 saturated heterocycles. The molecule has 0 unspecified atom stereocenters. The fraction of sp³-hybridized carbons (Fsp3) is 0.867. The van der Waals surface area contributed by atoms with Crippen molar-refractivity contribution in [3.63, 3.8) is 0 Å². The van der Waals surface area contributed by atoms with Crippen molar-refractivity contribution in [3.8, 4) is 6.07 Å². The molecule has 0 spiro atoms. The Labute approximate surface area is 121 Å². The average Bonchev–Trinajstić information content (AvgIpc) is 2.47. The van der Waals surface area contributed by atoms with Crippen molar-refractivity contribution in [2.45, 2.75) is 50.6 Å². The van der Waals surface area contributed by atoms with Gasteiger partial charge in [0.1, 0.15) is 5.54 Å². The second-order valence-corrected chi connectivity index (χ2v) is 6.25. The van der Waals surface area contributed by atoms with Crippen molar-refractivity contribution in [2.75, 3.05) is 33.2 Å². The minimum Gasteiger partial charge on any atom is -0.326 e. The van der Waals surface area contributed by atoms with E-state index in [2.05, 4.69) is 23.2 Å². The van der Waals surface area contributed by atoms with Crippen LogP contribution in [0.4, 0.5) is 0 Å². The lowest BCUT2D eigenvalue weighted by Crippen LogP contribution is -2.56. The molecule has 0 bridgehead atoms. The fourth-order valence-electron chi connectivity index (χ4n) is 3.35. The molecule has 0 aromatic carbocycles. The summed E-state index contributed by atoms with van der Waals surface area (Å²) in [5.41, 5.74) is -0.561. The van der Waals surface area contributed by atoms with Gasteiger partial charge in [0, 0.05) is 32.7 Å². The first-order valence-electron chi connectivity index (χ1n) is 7.71. The van der Waals surface area contributed by atoms with Crippen LogP contribution in [0.25, 0.3) is 0 Å². The molecule has 5 heteroatoms. The van der Waals surface area contributed by atoms with Crippen LogP contribution in [-0.4, -0.2) is 60.5 Å². The summed E-state index contributed by atoms with van der Waals surface area (Å²) in [6.07, 6.45) is 4.93. The van der Waals surface area contributed by atoms with Gasteiger partial charge in [0.15, 0.2) is 0 Å². The van der Waals surface area contributed by atoms with Crippen molar-refractivity contribution in [2.24, 2.45) is 0 Å². The van der Waals surface area contributed by atoms with E-state index in [1.807, 2.05) is 7.05 Å². The van der Waals surface area contributed by atoms with Gasteiger partial charge in [-0.15, -0.1) is 0 Å². The highest BCUT2D eigenvalue weighted by atomic mass is 16.2. The Morgan fingerprint density at radius 2 is 2.15 bits per heavy atom. The van der Waals surface area contributed by atoms with Crippen molar-refractivity contribution in [1.29, 1.82) is 5.26 Å². The van der Waals surface area contributed by atoms with Crippen LogP contribution in [-0.2, 0) is 4.79 Å². The van der Waals surface area contributed by atoms with Gasteiger partial charge in [-0.25, -0.2) is 0 Å². The third kappa shape index (κ3) is 3.31. The highest BCUT2D eigenvalue weighted by Crippen LogP contribution is 2.32. The quantitative estimate of drug-likeness (QED) is 0.835. The molecular weight excluding hydrogens is 252 g/mol. The summed E-state index contributed by atoms with van der Waals surface area (Å²) in [4.78, 5) is 16.4. The Bertz CT molecular complexity index is 384. The van der Waals surface area contributed by atoms with Gasteiger partial charge in [0.25, 0.3) is 0 Å². The monoisotopic (exact) mass is 278 g/mol. The number of hydrogen-bond acceptors (Lipinski definition) is 4. The number of amides is 1. The second kappa shape index (κ2) is 6.55. The highest BCUT2D eigenvalue weighted by molar-refractivity contribution is 5.79. The molecule has 112 valence electrons. The summed E-state index contributed by atoms with van der Waals surface area (Å²) >= 11 is 0. The Kier molecular flexibility index (Phi) is 5.00.